The van der Waals surface area contributed by atoms with Crippen LogP contribution in [0.3, 0.4) is 0 Å². The van der Waals surface area contributed by atoms with Crippen molar-refractivity contribution in [2.24, 2.45) is 11.3 Å². The van der Waals surface area contributed by atoms with Crippen LogP contribution in [0.25, 0.3) is 0 Å². The normalized spacial score (nSPS) is 41.3. The number of amides is 1. The van der Waals surface area contributed by atoms with Gasteiger partial charge >= 0.3 is 0 Å². The summed E-state index contributed by atoms with van der Waals surface area (Å²) >= 11 is 0. The number of hydrogen-bond acceptors (Lipinski definition) is 4. The molecule has 3 unspecified atom stereocenters. The number of carbonyl (C=O) groups excluding carboxylic acids is 1. The maximum Gasteiger partial charge on any atom is 0.257 e. The summed E-state index contributed by atoms with van der Waals surface area (Å²) < 4.78 is 12.6. The van der Waals surface area contributed by atoms with Gasteiger partial charge in [0.2, 0.25) is 0 Å². The molecule has 0 bridgehead atoms. The fourth-order valence-corrected chi connectivity index (χ4v) is 6.97. The number of epoxide rings is 1. The lowest BCUT2D eigenvalue weighted by atomic mass is 9.68. The lowest BCUT2D eigenvalue weighted by Crippen LogP contribution is -2.65. The first kappa shape index (κ1) is 19.7. The van der Waals surface area contributed by atoms with Crippen molar-refractivity contribution in [2.45, 2.75) is 109 Å². The van der Waals surface area contributed by atoms with Crippen LogP contribution < -0.4 is 5.32 Å². The molecule has 4 fully saturated rings. The van der Waals surface area contributed by atoms with Gasteiger partial charge in [0.25, 0.3) is 5.91 Å². The van der Waals surface area contributed by atoms with Gasteiger partial charge in [0.1, 0.15) is 5.72 Å². The number of ether oxygens (including phenoxy) is 2. The Balaban J connectivity index is 1.74. The molecule has 4 aliphatic rings. The largest absolute Gasteiger partial charge is 0.371 e. The van der Waals surface area contributed by atoms with E-state index in [2.05, 4.69) is 58.7 Å². The Labute approximate surface area is 164 Å². The molecule has 0 aromatic heterocycles. The zero-order valence-electron chi connectivity index (χ0n) is 18.3. The molecule has 1 N–H and O–H groups in total. The number of nitrogens with zero attached hydrogens (tertiary/aromatic N) is 1. The lowest BCUT2D eigenvalue weighted by molar-refractivity contribution is -0.203. The van der Waals surface area contributed by atoms with E-state index < -0.39 is 11.3 Å². The van der Waals surface area contributed by atoms with Crippen LogP contribution in [-0.2, 0) is 14.3 Å². The zero-order chi connectivity index (χ0) is 19.9. The van der Waals surface area contributed by atoms with Gasteiger partial charge in [0.15, 0.2) is 5.60 Å². The quantitative estimate of drug-likeness (QED) is 0.748. The van der Waals surface area contributed by atoms with Gasteiger partial charge in [-0.15, -0.1) is 0 Å². The van der Waals surface area contributed by atoms with Crippen molar-refractivity contribution in [1.29, 1.82) is 0 Å². The van der Waals surface area contributed by atoms with Crippen LogP contribution in [0.15, 0.2) is 0 Å². The van der Waals surface area contributed by atoms with Crippen LogP contribution in [0.1, 0.15) is 80.6 Å². The molecule has 1 amide bonds. The fraction of sp³-hybridized carbons (Fsp3) is 0.955. The predicted molar refractivity (Wildman–Crippen MR) is 105 cm³/mol. The van der Waals surface area contributed by atoms with E-state index in [4.69, 9.17) is 9.47 Å². The van der Waals surface area contributed by atoms with Gasteiger partial charge in [-0.3, -0.25) is 4.79 Å². The number of nitrogens with one attached hydrogen (secondary N) is 1. The fourth-order valence-electron chi connectivity index (χ4n) is 6.97. The highest BCUT2D eigenvalue weighted by atomic mass is 16.6. The third-order valence-electron chi connectivity index (χ3n) is 6.76. The van der Waals surface area contributed by atoms with E-state index in [1.807, 2.05) is 0 Å². The second-order valence-corrected chi connectivity index (χ2v) is 12.0. The summed E-state index contributed by atoms with van der Waals surface area (Å²) in [5, 5.41) is 3.71. The molecule has 0 radical (unpaired) electrons. The van der Waals surface area contributed by atoms with Gasteiger partial charge in [-0.2, -0.15) is 0 Å². The monoisotopic (exact) mass is 378 g/mol. The average molecular weight is 379 g/mol. The van der Waals surface area contributed by atoms with E-state index in [1.165, 1.54) is 6.42 Å². The molecule has 154 valence electrons. The van der Waals surface area contributed by atoms with Crippen molar-refractivity contribution in [2.75, 3.05) is 13.2 Å². The molecule has 2 spiro atoms. The van der Waals surface area contributed by atoms with Gasteiger partial charge in [-0.25, -0.2) is 0 Å². The van der Waals surface area contributed by atoms with E-state index in [0.717, 1.165) is 32.3 Å². The highest BCUT2D eigenvalue weighted by molar-refractivity contribution is 5.88. The van der Waals surface area contributed by atoms with E-state index in [1.54, 1.807) is 0 Å². The van der Waals surface area contributed by atoms with Crippen LogP contribution in [0.5, 0.6) is 0 Å². The standard InChI is InChI=1S/C22H38N2O3/c1-15-8-18(2,3)12-22(9-15)24(10-16-11-26-16)17(25)21(27-22)13-19(4,5)23-20(6,7)14-21/h15-16,23H,8-14H2,1-7H3. The van der Waals surface area contributed by atoms with Crippen LogP contribution in [-0.4, -0.2) is 52.5 Å². The van der Waals surface area contributed by atoms with Crippen LogP contribution in [0.4, 0.5) is 0 Å². The summed E-state index contributed by atoms with van der Waals surface area (Å²) in [5.74, 6) is 0.743. The second kappa shape index (κ2) is 5.70. The van der Waals surface area contributed by atoms with E-state index >= 15 is 0 Å². The van der Waals surface area contributed by atoms with Crippen LogP contribution in [0.2, 0.25) is 0 Å². The summed E-state index contributed by atoms with van der Waals surface area (Å²) in [6, 6.07) is 0. The number of piperidine rings is 1. The molecule has 3 heterocycles. The first-order valence-corrected chi connectivity index (χ1v) is 10.7. The Kier molecular flexibility index (Phi) is 4.15. The Morgan fingerprint density at radius 2 is 1.63 bits per heavy atom. The predicted octanol–water partition coefficient (Wildman–Crippen LogP) is 3.47. The van der Waals surface area contributed by atoms with Crippen molar-refractivity contribution in [3.05, 3.63) is 0 Å². The minimum absolute atomic E-state index is 0.138. The smallest absolute Gasteiger partial charge is 0.257 e. The lowest BCUT2D eigenvalue weighted by Gasteiger charge is -2.52. The summed E-state index contributed by atoms with van der Waals surface area (Å²) in [5.41, 5.74) is -1.31. The molecule has 1 aliphatic carbocycles. The van der Waals surface area contributed by atoms with Crippen molar-refractivity contribution in [3.63, 3.8) is 0 Å². The Hall–Kier alpha value is -0.650. The number of rotatable bonds is 2. The highest BCUT2D eigenvalue weighted by Crippen LogP contribution is 2.56. The van der Waals surface area contributed by atoms with Gasteiger partial charge in [-0.05, 0) is 51.9 Å². The Morgan fingerprint density at radius 3 is 2.15 bits per heavy atom. The molecule has 4 rings (SSSR count). The Bertz CT molecular complexity index is 621. The van der Waals surface area contributed by atoms with Gasteiger partial charge in [0, 0.05) is 30.3 Å². The van der Waals surface area contributed by atoms with Gasteiger partial charge < -0.3 is 19.7 Å². The topological polar surface area (TPSA) is 54.1 Å². The minimum Gasteiger partial charge on any atom is -0.371 e. The van der Waals surface area contributed by atoms with Crippen molar-refractivity contribution in [3.8, 4) is 0 Å². The first-order chi connectivity index (χ1) is 12.3. The molecular formula is C22H38N2O3. The molecule has 5 heteroatoms. The van der Waals surface area contributed by atoms with Crippen molar-refractivity contribution < 1.29 is 14.3 Å². The number of hydrogen-bond donors (Lipinski definition) is 1. The molecular weight excluding hydrogens is 340 g/mol. The second-order valence-electron chi connectivity index (χ2n) is 12.0. The minimum atomic E-state index is -0.722. The summed E-state index contributed by atoms with van der Waals surface area (Å²) in [7, 11) is 0. The van der Waals surface area contributed by atoms with E-state index in [0.29, 0.717) is 12.5 Å². The highest BCUT2D eigenvalue weighted by Gasteiger charge is 2.66. The average Bonchev–Trinajstić information content (AvgIpc) is 3.18. The number of carbonyl (C=O) groups is 1. The summed E-state index contributed by atoms with van der Waals surface area (Å²) in [6.45, 7) is 17.2. The molecule has 5 nitrogen and oxygen atoms in total. The third kappa shape index (κ3) is 3.56. The molecule has 1 saturated carbocycles. The van der Waals surface area contributed by atoms with E-state index in [9.17, 15) is 4.79 Å². The Morgan fingerprint density at radius 1 is 1.04 bits per heavy atom. The van der Waals surface area contributed by atoms with Gasteiger partial charge in [-0.1, -0.05) is 20.8 Å². The third-order valence-corrected chi connectivity index (χ3v) is 6.76. The summed E-state index contributed by atoms with van der Waals surface area (Å²) in [4.78, 5) is 16.0. The molecule has 3 aliphatic heterocycles. The van der Waals surface area contributed by atoms with Crippen molar-refractivity contribution in [1.82, 2.24) is 10.2 Å². The SMILES string of the molecule is CC1CC(C)(C)CC2(C1)OC1(CC(C)(C)NC(C)(C)C1)C(=O)N2CC1CO1. The van der Waals surface area contributed by atoms with E-state index in [-0.39, 0.29) is 28.5 Å². The molecule has 3 saturated heterocycles. The first-order valence-electron chi connectivity index (χ1n) is 10.7. The van der Waals surface area contributed by atoms with Crippen LogP contribution in [0, 0.1) is 11.3 Å². The summed E-state index contributed by atoms with van der Waals surface area (Å²) in [6.07, 6.45) is 4.67. The van der Waals surface area contributed by atoms with Crippen LogP contribution >= 0.6 is 0 Å². The molecule has 0 aromatic rings. The molecule has 3 atom stereocenters. The maximum atomic E-state index is 13.9. The molecule has 27 heavy (non-hydrogen) atoms. The van der Waals surface area contributed by atoms with Crippen molar-refractivity contribution >= 4 is 5.91 Å². The maximum absolute atomic E-state index is 13.9. The zero-order valence-corrected chi connectivity index (χ0v) is 18.3. The molecule has 0 aromatic carbocycles. The van der Waals surface area contributed by atoms with Gasteiger partial charge in [0.05, 0.1) is 19.3 Å².